The van der Waals surface area contributed by atoms with Crippen LogP contribution in [0, 0.1) is 0 Å². The molecule has 2 N–H and O–H groups in total. The zero-order valence-corrected chi connectivity index (χ0v) is 13.8. The quantitative estimate of drug-likeness (QED) is 0.648. The molecule has 0 unspecified atom stereocenters. The molecule has 2 rings (SSSR count). The van der Waals surface area contributed by atoms with Gasteiger partial charge in [0.05, 0.1) is 5.75 Å². The number of nitrogens with two attached hydrogens (primary N) is 1. The second-order valence-electron chi connectivity index (χ2n) is 5.05. The van der Waals surface area contributed by atoms with Crippen molar-refractivity contribution in [1.82, 2.24) is 4.90 Å². The highest BCUT2D eigenvalue weighted by Gasteiger charge is 2.18. The second kappa shape index (κ2) is 7.76. The van der Waals surface area contributed by atoms with Gasteiger partial charge in [0.15, 0.2) is 0 Å². The minimum atomic E-state index is 0.134. The fourth-order valence-corrected chi connectivity index (χ4v) is 3.57. The summed E-state index contributed by atoms with van der Waals surface area (Å²) in [7, 11) is 0. The van der Waals surface area contributed by atoms with Crippen LogP contribution in [0.2, 0.25) is 5.02 Å². The summed E-state index contributed by atoms with van der Waals surface area (Å²) in [5, 5.41) is 0.640. The average molecular weight is 325 g/mol. The van der Waals surface area contributed by atoms with E-state index in [0.29, 0.717) is 16.5 Å². The number of amides is 1. The third-order valence-corrected chi connectivity index (χ3v) is 4.85. The molecule has 114 valence electrons. The monoisotopic (exact) mass is 324 g/mol. The molecule has 1 aromatic rings. The summed E-state index contributed by atoms with van der Waals surface area (Å²) >= 11 is 7.42. The molecule has 3 nitrogen and oxygen atoms in total. The van der Waals surface area contributed by atoms with E-state index in [1.165, 1.54) is 30.3 Å². The first-order valence-corrected chi connectivity index (χ1v) is 8.65. The highest BCUT2D eigenvalue weighted by molar-refractivity contribution is 8.00. The predicted octanol–water partition coefficient (Wildman–Crippen LogP) is 4.32. The normalized spacial score (nSPS) is 14.7. The van der Waals surface area contributed by atoms with Gasteiger partial charge in [-0.1, -0.05) is 17.7 Å². The van der Waals surface area contributed by atoms with Gasteiger partial charge in [-0.2, -0.15) is 0 Å². The molecule has 5 heteroatoms. The lowest BCUT2D eigenvalue weighted by Crippen LogP contribution is -2.32. The molecule has 0 heterocycles. The molecule has 0 aromatic heterocycles. The highest BCUT2D eigenvalue weighted by Crippen LogP contribution is 2.29. The zero-order chi connectivity index (χ0) is 15.2. The topological polar surface area (TPSA) is 46.3 Å². The lowest BCUT2D eigenvalue weighted by molar-refractivity contribution is -0.126. The van der Waals surface area contributed by atoms with Crippen molar-refractivity contribution in [2.45, 2.75) is 37.5 Å². The van der Waals surface area contributed by atoms with E-state index in [1.807, 2.05) is 17.9 Å². The number of carbonyl (C=O) groups is 1. The van der Waals surface area contributed by atoms with Crippen molar-refractivity contribution >= 4 is 35.0 Å². The Labute approximate surface area is 135 Å². The Morgan fingerprint density at radius 3 is 2.90 bits per heavy atom. The maximum atomic E-state index is 12.4. The number of hydrogen-bond donors (Lipinski definition) is 1. The molecule has 0 atom stereocenters. The van der Waals surface area contributed by atoms with Crippen molar-refractivity contribution in [1.29, 1.82) is 0 Å². The van der Waals surface area contributed by atoms with Gasteiger partial charge in [0.1, 0.15) is 0 Å². The van der Waals surface area contributed by atoms with E-state index in [4.69, 9.17) is 17.3 Å². The number of allylic oxidation sites excluding steroid dienone is 2. The lowest BCUT2D eigenvalue weighted by Gasteiger charge is -2.26. The van der Waals surface area contributed by atoms with Gasteiger partial charge in [0.2, 0.25) is 5.91 Å². The molecule has 0 aliphatic heterocycles. The summed E-state index contributed by atoms with van der Waals surface area (Å²) in [5.41, 5.74) is 7.75. The number of thioether (sulfide) groups is 1. The van der Waals surface area contributed by atoms with E-state index in [-0.39, 0.29) is 5.91 Å². The molecule has 0 spiro atoms. The van der Waals surface area contributed by atoms with Gasteiger partial charge in [-0.3, -0.25) is 4.79 Å². The molecule has 0 bridgehead atoms. The average Bonchev–Trinajstić information content (AvgIpc) is 2.50. The number of nitrogens with zero attached hydrogens (tertiary/aromatic N) is 1. The number of hydrogen-bond acceptors (Lipinski definition) is 3. The van der Waals surface area contributed by atoms with Crippen LogP contribution < -0.4 is 5.73 Å². The van der Waals surface area contributed by atoms with Crippen LogP contribution in [0.15, 0.2) is 34.9 Å². The van der Waals surface area contributed by atoms with Gasteiger partial charge < -0.3 is 10.6 Å². The van der Waals surface area contributed by atoms with Gasteiger partial charge in [-0.25, -0.2) is 0 Å². The maximum Gasteiger partial charge on any atom is 0.237 e. The van der Waals surface area contributed by atoms with Crippen LogP contribution in [0.5, 0.6) is 0 Å². The molecule has 1 amide bonds. The summed E-state index contributed by atoms with van der Waals surface area (Å²) in [6, 6.07) is 5.34. The van der Waals surface area contributed by atoms with Crippen LogP contribution in [-0.2, 0) is 4.79 Å². The molecule has 1 aromatic carbocycles. The summed E-state index contributed by atoms with van der Waals surface area (Å²) in [6.07, 6.45) is 6.67. The molecule has 0 radical (unpaired) electrons. The maximum absolute atomic E-state index is 12.4. The van der Waals surface area contributed by atoms with E-state index in [1.54, 1.807) is 12.1 Å². The number of rotatable bonds is 5. The first kappa shape index (κ1) is 16.2. The van der Waals surface area contributed by atoms with Gasteiger partial charge in [0.25, 0.3) is 0 Å². The molecule has 0 saturated heterocycles. The minimum Gasteiger partial charge on any atom is -0.398 e. The molecule has 1 aliphatic rings. The van der Waals surface area contributed by atoms with Gasteiger partial charge in [-0.15, -0.1) is 11.8 Å². The van der Waals surface area contributed by atoms with Crippen molar-refractivity contribution in [3.8, 4) is 0 Å². The van der Waals surface area contributed by atoms with Crippen LogP contribution in [-0.4, -0.2) is 23.1 Å². The smallest absolute Gasteiger partial charge is 0.237 e. The number of halogens is 1. The van der Waals surface area contributed by atoms with Crippen molar-refractivity contribution in [2.75, 3.05) is 18.0 Å². The van der Waals surface area contributed by atoms with Crippen LogP contribution in [0.25, 0.3) is 0 Å². The number of anilines is 1. The Balaban J connectivity index is 1.99. The number of benzene rings is 1. The van der Waals surface area contributed by atoms with Crippen LogP contribution in [0.3, 0.4) is 0 Å². The molecule has 21 heavy (non-hydrogen) atoms. The molecule has 0 fully saturated rings. The summed E-state index contributed by atoms with van der Waals surface area (Å²) in [4.78, 5) is 15.2. The molecular weight excluding hydrogens is 304 g/mol. The Morgan fingerprint density at radius 2 is 2.24 bits per heavy atom. The number of carbonyl (C=O) groups excluding carboxylic acids is 1. The van der Waals surface area contributed by atoms with Crippen LogP contribution in [0.4, 0.5) is 5.69 Å². The fourth-order valence-electron chi connectivity index (χ4n) is 2.46. The van der Waals surface area contributed by atoms with Crippen molar-refractivity contribution in [3.05, 3.63) is 35.0 Å². The summed E-state index contributed by atoms with van der Waals surface area (Å²) < 4.78 is 0. The zero-order valence-electron chi connectivity index (χ0n) is 12.3. The predicted molar refractivity (Wildman–Crippen MR) is 90.5 cm³/mol. The first-order valence-electron chi connectivity index (χ1n) is 7.29. The Bertz CT molecular complexity index is 545. The Hall–Kier alpha value is -1.13. The van der Waals surface area contributed by atoms with Crippen molar-refractivity contribution in [3.63, 3.8) is 0 Å². The molecule has 1 aliphatic carbocycles. The van der Waals surface area contributed by atoms with Gasteiger partial charge >= 0.3 is 0 Å². The van der Waals surface area contributed by atoms with Crippen molar-refractivity contribution < 1.29 is 4.79 Å². The van der Waals surface area contributed by atoms with E-state index < -0.39 is 0 Å². The minimum absolute atomic E-state index is 0.134. The molecule has 0 saturated carbocycles. The lowest BCUT2D eigenvalue weighted by atomic mass is 10.0. The summed E-state index contributed by atoms with van der Waals surface area (Å²) in [6.45, 7) is 2.74. The van der Waals surface area contributed by atoms with Crippen molar-refractivity contribution in [2.24, 2.45) is 0 Å². The first-order chi connectivity index (χ1) is 10.1. The van der Waals surface area contributed by atoms with Crippen LogP contribution >= 0.6 is 23.4 Å². The summed E-state index contributed by atoms with van der Waals surface area (Å²) in [5.74, 6) is 0.519. The van der Waals surface area contributed by atoms with E-state index >= 15 is 0 Å². The largest absolute Gasteiger partial charge is 0.398 e. The van der Waals surface area contributed by atoms with Crippen LogP contribution in [0.1, 0.15) is 32.6 Å². The standard InChI is InChI=1S/C16H21ClN2OS/c1-2-19(13-6-4-3-5-7-13)16(20)11-21-15-10-12(17)8-9-14(15)18/h6,8-10H,2-5,7,11,18H2,1H3. The third kappa shape index (κ3) is 4.42. The van der Waals surface area contributed by atoms with Gasteiger partial charge in [-0.05, 0) is 50.8 Å². The van der Waals surface area contributed by atoms with E-state index in [2.05, 4.69) is 6.08 Å². The Kier molecular flexibility index (Phi) is 6.00. The fraction of sp³-hybridized carbons (Fsp3) is 0.438. The second-order valence-corrected chi connectivity index (χ2v) is 6.50. The highest BCUT2D eigenvalue weighted by atomic mass is 35.5. The molecular formula is C16H21ClN2OS. The Morgan fingerprint density at radius 1 is 1.43 bits per heavy atom. The van der Waals surface area contributed by atoms with E-state index in [9.17, 15) is 4.79 Å². The SMILES string of the molecule is CCN(C(=O)CSc1cc(Cl)ccc1N)C1=CCCCC1. The number of nitrogen functional groups attached to an aromatic ring is 1. The van der Waals surface area contributed by atoms with E-state index in [0.717, 1.165) is 24.3 Å². The van der Waals surface area contributed by atoms with Gasteiger partial charge in [0, 0.05) is 27.8 Å². The third-order valence-electron chi connectivity index (χ3n) is 3.56.